The van der Waals surface area contributed by atoms with Crippen LogP contribution in [0.3, 0.4) is 0 Å². The topological polar surface area (TPSA) is 6.48 Å². The van der Waals surface area contributed by atoms with Gasteiger partial charge < -0.3 is 9.80 Å². The van der Waals surface area contributed by atoms with Crippen LogP contribution in [-0.2, 0) is 0 Å². The Kier molecular flexibility index (Phi) is 10.5. The summed E-state index contributed by atoms with van der Waals surface area (Å²) in [4.78, 5) is 4.67. The van der Waals surface area contributed by atoms with E-state index in [9.17, 15) is 0 Å². The summed E-state index contributed by atoms with van der Waals surface area (Å²) >= 11 is 0. The monoisotopic (exact) mass is 722 g/mol. The van der Waals surface area contributed by atoms with Gasteiger partial charge in [-0.05, 0) is 134 Å². The van der Waals surface area contributed by atoms with E-state index in [2.05, 4.69) is 244 Å². The van der Waals surface area contributed by atoms with E-state index in [0.29, 0.717) is 0 Å². The summed E-state index contributed by atoms with van der Waals surface area (Å²) < 4.78 is 0. The van der Waals surface area contributed by atoms with Crippen LogP contribution >= 0.6 is 0 Å². The second-order valence-electron chi connectivity index (χ2n) is 14.6. The molecule has 0 aliphatic carbocycles. The van der Waals surface area contributed by atoms with Crippen LogP contribution in [-0.4, -0.2) is 0 Å². The summed E-state index contributed by atoms with van der Waals surface area (Å²) in [6, 6.07) is 74.8. The number of hydrogen-bond donors (Lipinski definition) is 0. The third kappa shape index (κ3) is 7.83. The second-order valence-corrected chi connectivity index (χ2v) is 14.6. The Bertz CT molecular complexity index is 2260. The highest BCUT2D eigenvalue weighted by atomic mass is 15.1. The SMILES string of the molecule is Cc1ccc(N(c2ccc(C)cc2)c2ccc(C(=C(c3ccccc3)c3ccccc3)c3ccc(N(c4ccc(C)cc4)c4ccc(C)cc4)cc3)cc2)cc1. The van der Waals surface area contributed by atoms with Crippen LogP contribution in [0.4, 0.5) is 34.1 Å². The lowest BCUT2D eigenvalue weighted by atomic mass is 9.85. The van der Waals surface area contributed by atoms with E-state index in [0.717, 1.165) is 45.3 Å². The predicted molar refractivity (Wildman–Crippen MR) is 239 cm³/mol. The number of anilines is 6. The van der Waals surface area contributed by atoms with Crippen molar-refractivity contribution in [3.05, 3.63) is 251 Å². The fourth-order valence-electron chi connectivity index (χ4n) is 7.34. The van der Waals surface area contributed by atoms with Crippen molar-refractivity contribution in [2.75, 3.05) is 9.80 Å². The van der Waals surface area contributed by atoms with Gasteiger partial charge in [0.05, 0.1) is 0 Å². The Morgan fingerprint density at radius 2 is 0.429 bits per heavy atom. The molecule has 0 fully saturated rings. The largest absolute Gasteiger partial charge is 0.311 e. The smallest absolute Gasteiger partial charge is 0.0462 e. The maximum atomic E-state index is 2.33. The zero-order chi connectivity index (χ0) is 38.4. The molecule has 0 bridgehead atoms. The van der Waals surface area contributed by atoms with Gasteiger partial charge in [-0.3, -0.25) is 0 Å². The zero-order valence-corrected chi connectivity index (χ0v) is 32.5. The molecule has 0 saturated heterocycles. The summed E-state index contributed by atoms with van der Waals surface area (Å²) in [5.74, 6) is 0. The Balaban J connectivity index is 1.29. The number of nitrogens with zero attached hydrogens (tertiary/aromatic N) is 2. The maximum Gasteiger partial charge on any atom is 0.0462 e. The van der Waals surface area contributed by atoms with E-state index in [1.807, 2.05) is 0 Å². The average molecular weight is 723 g/mol. The molecule has 0 N–H and O–H groups in total. The molecule has 8 aromatic rings. The number of hydrogen-bond acceptors (Lipinski definition) is 2. The van der Waals surface area contributed by atoms with Crippen LogP contribution in [0, 0.1) is 27.7 Å². The van der Waals surface area contributed by atoms with Crippen molar-refractivity contribution in [3.63, 3.8) is 0 Å². The molecule has 0 heterocycles. The summed E-state index contributed by atoms with van der Waals surface area (Å²) in [6.45, 7) is 8.53. The van der Waals surface area contributed by atoms with Crippen LogP contribution in [0.25, 0.3) is 11.1 Å². The first-order valence-electron chi connectivity index (χ1n) is 19.3. The molecular weight excluding hydrogens is 677 g/mol. The molecule has 0 aromatic heterocycles. The minimum atomic E-state index is 1.10. The first-order valence-corrected chi connectivity index (χ1v) is 19.3. The van der Waals surface area contributed by atoms with Gasteiger partial charge in [0.15, 0.2) is 0 Å². The van der Waals surface area contributed by atoms with Gasteiger partial charge in [-0.2, -0.15) is 0 Å². The fraction of sp³-hybridized carbons (Fsp3) is 0.0741. The summed E-state index contributed by atoms with van der Waals surface area (Å²) in [6.07, 6.45) is 0. The van der Waals surface area contributed by atoms with E-state index in [1.165, 1.54) is 44.5 Å². The van der Waals surface area contributed by atoms with Crippen LogP contribution < -0.4 is 9.80 Å². The highest BCUT2D eigenvalue weighted by Gasteiger charge is 2.19. The van der Waals surface area contributed by atoms with Crippen molar-refractivity contribution in [2.24, 2.45) is 0 Å². The fourth-order valence-corrected chi connectivity index (χ4v) is 7.34. The van der Waals surface area contributed by atoms with E-state index in [4.69, 9.17) is 0 Å². The third-order valence-electron chi connectivity index (χ3n) is 10.4. The highest BCUT2D eigenvalue weighted by Crippen LogP contribution is 2.41. The predicted octanol–water partition coefficient (Wildman–Crippen LogP) is 14.9. The van der Waals surface area contributed by atoms with Crippen molar-refractivity contribution in [1.82, 2.24) is 0 Å². The van der Waals surface area contributed by atoms with Gasteiger partial charge in [0.25, 0.3) is 0 Å². The van der Waals surface area contributed by atoms with Gasteiger partial charge in [0, 0.05) is 34.1 Å². The van der Waals surface area contributed by atoms with Crippen LogP contribution in [0.15, 0.2) is 206 Å². The number of benzene rings is 8. The van der Waals surface area contributed by atoms with E-state index in [-0.39, 0.29) is 0 Å². The van der Waals surface area contributed by atoms with Crippen molar-refractivity contribution >= 4 is 45.3 Å². The molecule has 0 unspecified atom stereocenters. The van der Waals surface area contributed by atoms with E-state index >= 15 is 0 Å². The Morgan fingerprint density at radius 3 is 0.661 bits per heavy atom. The third-order valence-corrected chi connectivity index (χ3v) is 10.4. The van der Waals surface area contributed by atoms with Gasteiger partial charge >= 0.3 is 0 Å². The minimum absolute atomic E-state index is 1.10. The first-order chi connectivity index (χ1) is 27.4. The summed E-state index contributed by atoms with van der Waals surface area (Å²) in [7, 11) is 0. The molecule has 8 rings (SSSR count). The normalized spacial score (nSPS) is 10.9. The van der Waals surface area contributed by atoms with Crippen LogP contribution in [0.1, 0.15) is 44.5 Å². The van der Waals surface area contributed by atoms with Crippen molar-refractivity contribution < 1.29 is 0 Å². The van der Waals surface area contributed by atoms with Crippen LogP contribution in [0.5, 0.6) is 0 Å². The molecule has 56 heavy (non-hydrogen) atoms. The Morgan fingerprint density at radius 1 is 0.232 bits per heavy atom. The van der Waals surface area contributed by atoms with E-state index < -0.39 is 0 Å². The van der Waals surface area contributed by atoms with Gasteiger partial charge in [0.1, 0.15) is 0 Å². The van der Waals surface area contributed by atoms with Gasteiger partial charge in [-0.1, -0.05) is 156 Å². The molecular formula is C54H46N2. The summed E-state index contributed by atoms with van der Waals surface area (Å²) in [5.41, 5.74) is 18.7. The summed E-state index contributed by atoms with van der Waals surface area (Å²) in [5, 5.41) is 0. The Hall–Kier alpha value is -6.90. The molecule has 272 valence electrons. The molecule has 2 heteroatoms. The van der Waals surface area contributed by atoms with E-state index in [1.54, 1.807) is 0 Å². The quantitative estimate of drug-likeness (QED) is 0.130. The molecule has 0 amide bonds. The van der Waals surface area contributed by atoms with Crippen LogP contribution in [0.2, 0.25) is 0 Å². The molecule has 0 spiro atoms. The standard InChI is InChI=1S/C54H46N2/c1-39-15-27-47(28-16-39)55(48-29-17-40(2)18-30-48)51-35-23-45(24-36-51)54(53(43-11-7-5-8-12-43)44-13-9-6-10-14-44)46-25-37-52(38-26-46)56(49-31-19-41(3)20-32-49)50-33-21-42(4)22-34-50/h5-38H,1-4H3. The van der Waals surface area contributed by atoms with Gasteiger partial charge in [-0.15, -0.1) is 0 Å². The first kappa shape index (κ1) is 36.1. The van der Waals surface area contributed by atoms with Gasteiger partial charge in [-0.25, -0.2) is 0 Å². The highest BCUT2D eigenvalue weighted by molar-refractivity contribution is 6.05. The van der Waals surface area contributed by atoms with Crippen molar-refractivity contribution in [1.29, 1.82) is 0 Å². The van der Waals surface area contributed by atoms with Gasteiger partial charge in [0.2, 0.25) is 0 Å². The Labute approximate surface area is 332 Å². The molecule has 8 aromatic carbocycles. The molecule has 0 aliphatic heterocycles. The lowest BCUT2D eigenvalue weighted by Crippen LogP contribution is -2.10. The zero-order valence-electron chi connectivity index (χ0n) is 32.5. The maximum absolute atomic E-state index is 2.33. The lowest BCUT2D eigenvalue weighted by Gasteiger charge is -2.27. The molecule has 0 radical (unpaired) electrons. The number of rotatable bonds is 10. The minimum Gasteiger partial charge on any atom is -0.311 e. The lowest BCUT2D eigenvalue weighted by molar-refractivity contribution is 1.26. The molecule has 0 saturated carbocycles. The average Bonchev–Trinajstić information content (AvgIpc) is 3.24. The molecule has 0 aliphatic rings. The van der Waals surface area contributed by atoms with Crippen molar-refractivity contribution in [3.8, 4) is 0 Å². The second kappa shape index (κ2) is 16.2. The number of aryl methyl sites for hydroxylation is 4. The molecule has 0 atom stereocenters. The molecule has 2 nitrogen and oxygen atoms in total. The van der Waals surface area contributed by atoms with Crippen molar-refractivity contribution in [2.45, 2.75) is 27.7 Å².